The standard InChI is InChI=1S/C12H10B4ClNO/c13-10(14)5-6-11(15)12(18,9(10)19)7-3-1-2-4-8(7)16(11)17/h1-4H,5-6,18H2. The Hall–Kier alpha value is -0.600. The fourth-order valence-electron chi connectivity index (χ4n) is 3.36. The minimum atomic E-state index is -1.45. The third-order valence-corrected chi connectivity index (χ3v) is 5.20. The fraction of sp³-hybridized carbons (Fsp3) is 0.417. The molecule has 2 aliphatic rings. The predicted molar refractivity (Wildman–Crippen MR) is 80.4 cm³/mol. The van der Waals surface area contributed by atoms with Crippen molar-refractivity contribution in [3.8, 4) is 0 Å². The van der Waals surface area contributed by atoms with Crippen LogP contribution in [0, 0.1) is 0 Å². The van der Waals surface area contributed by atoms with E-state index in [0.29, 0.717) is 12.0 Å². The van der Waals surface area contributed by atoms with Crippen molar-refractivity contribution in [2.24, 2.45) is 5.73 Å². The number of hydrogen-bond acceptors (Lipinski definition) is 2. The van der Waals surface area contributed by atoms with Gasteiger partial charge in [0.1, 0.15) is 5.78 Å². The summed E-state index contributed by atoms with van der Waals surface area (Å²) in [6, 6.07) is 7.27. The number of Topliss-reactive ketones (excluding diaryl/α,β-unsaturated/α-hetero) is 1. The monoisotopic (exact) mass is 263 g/mol. The van der Waals surface area contributed by atoms with Crippen molar-refractivity contribution in [2.45, 2.75) is 28.8 Å². The zero-order chi connectivity index (χ0) is 14.1. The van der Waals surface area contributed by atoms with Gasteiger partial charge in [-0.25, -0.2) is 0 Å². The lowest BCUT2D eigenvalue weighted by molar-refractivity contribution is -0.128. The average molecular weight is 263 g/mol. The van der Waals surface area contributed by atoms with Crippen LogP contribution in [0.4, 0.5) is 0 Å². The highest BCUT2D eigenvalue weighted by Crippen LogP contribution is 2.60. The van der Waals surface area contributed by atoms with Crippen molar-refractivity contribution in [3.05, 3.63) is 29.8 Å². The van der Waals surface area contributed by atoms with E-state index in [4.69, 9.17) is 40.7 Å². The molecule has 0 spiro atoms. The van der Waals surface area contributed by atoms with E-state index in [1.807, 2.05) is 12.1 Å². The summed E-state index contributed by atoms with van der Waals surface area (Å²) in [7, 11) is 18.2. The molecular weight excluding hydrogens is 253 g/mol. The molecule has 1 aliphatic carbocycles. The number of rotatable bonds is 0. The van der Waals surface area contributed by atoms with Gasteiger partial charge in [0.25, 0.3) is 6.13 Å². The highest BCUT2D eigenvalue weighted by molar-refractivity contribution is 7.19. The average Bonchev–Trinajstić information content (AvgIpc) is 2.57. The van der Waals surface area contributed by atoms with E-state index in [-0.39, 0.29) is 6.42 Å². The smallest absolute Gasteiger partial charge is 0.283 e. The van der Waals surface area contributed by atoms with E-state index in [0.717, 1.165) is 5.46 Å². The van der Waals surface area contributed by atoms with Crippen LogP contribution in [0.2, 0.25) is 10.4 Å². The molecule has 2 nitrogen and oxygen atoms in total. The Balaban J connectivity index is 2.29. The van der Waals surface area contributed by atoms with E-state index in [2.05, 4.69) is 0 Å². The van der Waals surface area contributed by atoms with Gasteiger partial charge in [-0.3, -0.25) is 4.79 Å². The maximum Gasteiger partial charge on any atom is 0.283 e. The number of benzene rings is 1. The van der Waals surface area contributed by atoms with Gasteiger partial charge in [0.2, 0.25) is 0 Å². The zero-order valence-electron chi connectivity index (χ0n) is 10.4. The first-order valence-corrected chi connectivity index (χ1v) is 6.63. The summed E-state index contributed by atoms with van der Waals surface area (Å²) in [5.74, 6) is -0.440. The second-order valence-electron chi connectivity index (χ2n) is 5.67. The molecule has 2 unspecified atom stereocenters. The molecule has 0 bridgehead atoms. The van der Waals surface area contributed by atoms with Gasteiger partial charge in [0.15, 0.2) is 0 Å². The number of halogens is 1. The Morgan fingerprint density at radius 1 is 1.21 bits per heavy atom. The molecule has 1 aliphatic heterocycles. The Labute approximate surface area is 122 Å². The molecule has 1 saturated carbocycles. The Kier molecular flexibility index (Phi) is 2.63. The predicted octanol–water partition coefficient (Wildman–Crippen LogP) is -0.0260. The van der Waals surface area contributed by atoms with Gasteiger partial charge in [-0.15, -0.1) is 0 Å². The van der Waals surface area contributed by atoms with Crippen molar-refractivity contribution >= 4 is 52.4 Å². The first-order chi connectivity index (χ1) is 8.75. The molecule has 2 N–H and O–H groups in total. The number of hydrogen-bond donors (Lipinski definition) is 1. The molecule has 1 fully saturated rings. The largest absolute Gasteiger partial charge is 0.316 e. The molecule has 88 valence electrons. The Morgan fingerprint density at radius 3 is 2.53 bits per heavy atom. The van der Waals surface area contributed by atoms with Crippen LogP contribution in [0.3, 0.4) is 0 Å². The summed E-state index contributed by atoms with van der Waals surface area (Å²) in [4.78, 5) is 12.7. The first-order valence-electron chi connectivity index (χ1n) is 6.19. The lowest BCUT2D eigenvalue weighted by Gasteiger charge is -2.51. The minimum absolute atomic E-state index is 0.276. The second-order valence-corrected chi connectivity index (χ2v) is 6.10. The molecule has 7 heteroatoms. The first kappa shape index (κ1) is 13.4. The number of fused-ring (bicyclic) bond motifs is 3. The van der Waals surface area contributed by atoms with Gasteiger partial charge in [-0.1, -0.05) is 42.6 Å². The van der Waals surface area contributed by atoms with Crippen molar-refractivity contribution in [2.75, 3.05) is 0 Å². The Bertz CT molecular complexity index is 581. The van der Waals surface area contributed by atoms with Gasteiger partial charge in [-0.05, 0) is 16.0 Å². The highest BCUT2D eigenvalue weighted by atomic mass is 35.5. The molecule has 1 aromatic rings. The van der Waals surface area contributed by atoms with E-state index >= 15 is 0 Å². The molecule has 0 amide bonds. The molecule has 6 radical (unpaired) electrons. The lowest BCUT2D eigenvalue weighted by atomic mass is 9.29. The number of ketones is 1. The van der Waals surface area contributed by atoms with Crippen LogP contribution in [0.25, 0.3) is 0 Å². The van der Waals surface area contributed by atoms with E-state index in [9.17, 15) is 4.79 Å². The van der Waals surface area contributed by atoms with Crippen LogP contribution >= 0.6 is 11.5 Å². The maximum absolute atomic E-state index is 12.7. The van der Waals surface area contributed by atoms with Crippen LogP contribution in [0.5, 0.6) is 0 Å². The fourth-order valence-corrected chi connectivity index (χ4v) is 3.83. The summed E-state index contributed by atoms with van der Waals surface area (Å²) >= 11 is 6.47. The number of carbonyl (C=O) groups excluding carboxylic acids is 1. The molecule has 1 aromatic carbocycles. The van der Waals surface area contributed by atoms with Crippen molar-refractivity contribution in [1.82, 2.24) is 0 Å². The van der Waals surface area contributed by atoms with Crippen molar-refractivity contribution in [3.63, 3.8) is 0 Å². The molecule has 0 saturated heterocycles. The van der Waals surface area contributed by atoms with Gasteiger partial charge < -0.3 is 5.73 Å². The normalized spacial score (nSPS) is 35.9. The molecular formula is C12H10B4ClNO. The van der Waals surface area contributed by atoms with Crippen LogP contribution in [-0.4, -0.2) is 35.5 Å². The van der Waals surface area contributed by atoms with Gasteiger partial charge in [0, 0.05) is 0 Å². The summed E-state index contributed by atoms with van der Waals surface area (Å²) in [6.45, 7) is 0. The van der Waals surface area contributed by atoms with Gasteiger partial charge in [0.05, 0.1) is 29.1 Å². The third-order valence-electron chi connectivity index (χ3n) is 4.58. The highest BCUT2D eigenvalue weighted by Gasteiger charge is 2.66. The summed E-state index contributed by atoms with van der Waals surface area (Å²) in [5.41, 5.74) is 6.41. The SMILES string of the molecule is [B]C1([B])CCC2([B])B(Cl)c3ccccc3C2(N)C1=O. The van der Waals surface area contributed by atoms with Crippen molar-refractivity contribution < 1.29 is 4.79 Å². The maximum atomic E-state index is 12.7. The quantitative estimate of drug-likeness (QED) is 0.668. The minimum Gasteiger partial charge on any atom is -0.316 e. The van der Waals surface area contributed by atoms with Crippen molar-refractivity contribution in [1.29, 1.82) is 0 Å². The summed E-state index contributed by atoms with van der Waals surface area (Å²) in [6.07, 6.45) is 0.164. The topological polar surface area (TPSA) is 43.1 Å². The molecule has 1 heterocycles. The van der Waals surface area contributed by atoms with E-state index < -0.39 is 27.9 Å². The molecule has 3 rings (SSSR count). The molecule has 2 atom stereocenters. The lowest BCUT2D eigenvalue weighted by Crippen LogP contribution is -2.61. The van der Waals surface area contributed by atoms with E-state index in [1.165, 1.54) is 0 Å². The second kappa shape index (κ2) is 3.73. The zero-order valence-corrected chi connectivity index (χ0v) is 11.2. The van der Waals surface area contributed by atoms with Crippen LogP contribution in [0.1, 0.15) is 18.4 Å². The van der Waals surface area contributed by atoms with Gasteiger partial charge in [-0.2, -0.15) is 11.5 Å². The number of carbonyl (C=O) groups is 1. The summed E-state index contributed by atoms with van der Waals surface area (Å²) < 4.78 is 0. The van der Waals surface area contributed by atoms with Crippen LogP contribution in [0.15, 0.2) is 24.3 Å². The van der Waals surface area contributed by atoms with Gasteiger partial charge >= 0.3 is 0 Å². The van der Waals surface area contributed by atoms with Crippen LogP contribution in [-0.2, 0) is 10.3 Å². The molecule has 19 heavy (non-hydrogen) atoms. The van der Waals surface area contributed by atoms with E-state index in [1.54, 1.807) is 12.1 Å². The Morgan fingerprint density at radius 2 is 1.84 bits per heavy atom. The number of nitrogens with two attached hydrogens (primary N) is 1. The third kappa shape index (κ3) is 1.39. The molecule has 0 aromatic heterocycles. The van der Waals surface area contributed by atoms with Crippen LogP contribution < -0.4 is 11.2 Å². The summed E-state index contributed by atoms with van der Waals surface area (Å²) in [5, 5.41) is -2.50.